The van der Waals surface area contributed by atoms with Crippen molar-refractivity contribution in [3.63, 3.8) is 0 Å². The van der Waals surface area contributed by atoms with Crippen LogP contribution in [0.4, 0.5) is 51.2 Å². The molecule has 0 atom stereocenters. The lowest BCUT2D eigenvalue weighted by Gasteiger charge is -2.50. The molecule has 0 fully saturated rings. The third kappa shape index (κ3) is 5.46. The first-order valence-corrected chi connectivity index (χ1v) is 23.5. The second-order valence-electron chi connectivity index (χ2n) is 18.7. The molecule has 0 radical (unpaired) electrons. The van der Waals surface area contributed by atoms with Crippen molar-refractivity contribution < 1.29 is 0 Å². The van der Waals surface area contributed by atoms with Gasteiger partial charge in [-0.3, -0.25) is 0 Å². The molecule has 0 amide bonds. The van der Waals surface area contributed by atoms with Crippen LogP contribution in [-0.2, 0) is 10.8 Å². The second-order valence-corrected chi connectivity index (χ2v) is 23.0. The molecule has 3 heterocycles. The molecule has 7 aromatic carbocycles. The van der Waals surface area contributed by atoms with Crippen molar-refractivity contribution in [1.29, 1.82) is 0 Å². The Morgan fingerprint density at radius 3 is 1.21 bits per heavy atom. The van der Waals surface area contributed by atoms with Crippen molar-refractivity contribution in [3.8, 4) is 0 Å². The summed E-state index contributed by atoms with van der Waals surface area (Å²) in [7, 11) is -2.12. The van der Waals surface area contributed by atoms with Crippen molar-refractivity contribution in [3.05, 3.63) is 169 Å². The molecule has 3 nitrogen and oxygen atoms in total. The predicted octanol–water partition coefficient (Wildman–Crippen LogP) is 11.0. The molecule has 280 valence electrons. The van der Waals surface area contributed by atoms with E-state index in [1.807, 2.05) is 0 Å². The highest BCUT2D eigenvalue weighted by Gasteiger charge is 2.51. The summed E-state index contributed by atoms with van der Waals surface area (Å²) in [6.07, 6.45) is 0. The van der Waals surface area contributed by atoms with Gasteiger partial charge in [0, 0.05) is 45.5 Å². The molecule has 0 bridgehead atoms. The fourth-order valence-electron chi connectivity index (χ4n) is 9.81. The molecule has 0 saturated carbocycles. The van der Waals surface area contributed by atoms with Gasteiger partial charge in [0.15, 0.2) is 0 Å². The van der Waals surface area contributed by atoms with Crippen LogP contribution in [0.3, 0.4) is 0 Å². The predicted molar refractivity (Wildman–Crippen MR) is 249 cm³/mol. The summed E-state index contributed by atoms with van der Waals surface area (Å²) in [5.41, 5.74) is 17.9. The van der Waals surface area contributed by atoms with Crippen molar-refractivity contribution in [1.82, 2.24) is 0 Å². The Labute approximate surface area is 340 Å². The lowest BCUT2D eigenvalue weighted by atomic mass is 9.33. The van der Waals surface area contributed by atoms with E-state index >= 15 is 0 Å². The van der Waals surface area contributed by atoms with E-state index in [1.165, 1.54) is 61.6 Å². The molecule has 0 spiro atoms. The van der Waals surface area contributed by atoms with E-state index < -0.39 is 8.07 Å². The van der Waals surface area contributed by atoms with Gasteiger partial charge in [0.05, 0.1) is 5.69 Å². The Morgan fingerprint density at radius 1 is 0.421 bits per heavy atom. The molecule has 10 rings (SSSR count). The summed E-state index contributed by atoms with van der Waals surface area (Å²) in [6, 6.07) is 59.6. The fourth-order valence-corrected chi connectivity index (χ4v) is 13.0. The Morgan fingerprint density at radius 2 is 0.825 bits per heavy atom. The van der Waals surface area contributed by atoms with Crippen LogP contribution in [0, 0.1) is 0 Å². The van der Waals surface area contributed by atoms with E-state index in [-0.39, 0.29) is 17.5 Å². The lowest BCUT2D eigenvalue weighted by Crippen LogP contribution is -2.79. The van der Waals surface area contributed by atoms with E-state index in [0.717, 1.165) is 17.1 Å². The smallest absolute Gasteiger partial charge is 0.251 e. The SMILES string of the molecule is CC(C)(C)c1ccc(N2c3cc(N(c4ccccc4)c4ccccc4)cc4c3B3c5c2cccc5[Si](C)(C)c2cccc(c23)N4c2ccc(C(C)(C)C)cc2)cc1. The summed E-state index contributed by atoms with van der Waals surface area (Å²) >= 11 is 0. The summed E-state index contributed by atoms with van der Waals surface area (Å²) in [6.45, 7) is 19.0. The fraction of sp³-hybridized carbons (Fsp3) is 0.192. The van der Waals surface area contributed by atoms with Crippen molar-refractivity contribution >= 4 is 92.7 Å². The average molecular weight is 756 g/mol. The minimum Gasteiger partial charge on any atom is -0.311 e. The zero-order valence-electron chi connectivity index (χ0n) is 34.4. The number of para-hydroxylation sites is 2. The van der Waals surface area contributed by atoms with E-state index in [1.54, 1.807) is 10.4 Å². The molecule has 0 N–H and O–H groups in total. The Bertz CT molecular complexity index is 2490. The third-order valence-corrected chi connectivity index (χ3v) is 16.3. The molecule has 0 unspecified atom stereocenters. The van der Waals surface area contributed by atoms with Gasteiger partial charge in [-0.05, 0) is 111 Å². The first-order valence-electron chi connectivity index (χ1n) is 20.5. The highest BCUT2D eigenvalue weighted by atomic mass is 28.3. The van der Waals surface area contributed by atoms with E-state index in [0.29, 0.717) is 0 Å². The highest BCUT2D eigenvalue weighted by Crippen LogP contribution is 2.48. The summed E-state index contributed by atoms with van der Waals surface area (Å²) in [5, 5.41) is 3.09. The largest absolute Gasteiger partial charge is 0.311 e. The van der Waals surface area contributed by atoms with Crippen LogP contribution in [0.1, 0.15) is 52.7 Å². The Kier molecular flexibility index (Phi) is 7.88. The maximum Gasteiger partial charge on any atom is 0.251 e. The quantitative estimate of drug-likeness (QED) is 0.162. The zero-order chi connectivity index (χ0) is 39.4. The van der Waals surface area contributed by atoms with E-state index in [2.05, 4.69) is 227 Å². The first-order chi connectivity index (χ1) is 27.3. The molecular weight excluding hydrogens is 705 g/mol. The zero-order valence-corrected chi connectivity index (χ0v) is 35.4. The molecule has 57 heavy (non-hydrogen) atoms. The third-order valence-electron chi connectivity index (χ3n) is 12.7. The van der Waals surface area contributed by atoms with Gasteiger partial charge < -0.3 is 14.7 Å². The van der Waals surface area contributed by atoms with Crippen LogP contribution in [0.25, 0.3) is 0 Å². The van der Waals surface area contributed by atoms with Crippen LogP contribution in [0.5, 0.6) is 0 Å². The molecule has 0 saturated heterocycles. The Balaban J connectivity index is 1.33. The molecule has 3 aliphatic rings. The number of nitrogens with zero attached hydrogens (tertiary/aromatic N) is 3. The van der Waals surface area contributed by atoms with Crippen LogP contribution in [0.15, 0.2) is 158 Å². The topological polar surface area (TPSA) is 9.72 Å². The van der Waals surface area contributed by atoms with E-state index in [9.17, 15) is 0 Å². The number of anilines is 9. The molecule has 3 aliphatic heterocycles. The van der Waals surface area contributed by atoms with Crippen LogP contribution in [0.2, 0.25) is 13.1 Å². The number of rotatable bonds is 5. The summed E-state index contributed by atoms with van der Waals surface area (Å²) in [4.78, 5) is 7.60. The highest BCUT2D eigenvalue weighted by molar-refractivity contribution is 7.16. The summed E-state index contributed by atoms with van der Waals surface area (Å²) in [5.74, 6) is 0. The molecule has 0 aromatic heterocycles. The van der Waals surface area contributed by atoms with Crippen molar-refractivity contribution in [2.24, 2.45) is 0 Å². The van der Waals surface area contributed by atoms with Crippen LogP contribution in [-0.4, -0.2) is 14.8 Å². The van der Waals surface area contributed by atoms with Gasteiger partial charge in [-0.1, -0.05) is 150 Å². The van der Waals surface area contributed by atoms with Gasteiger partial charge in [0.1, 0.15) is 8.07 Å². The maximum atomic E-state index is 2.59. The number of benzene rings is 7. The van der Waals surface area contributed by atoms with E-state index in [4.69, 9.17) is 0 Å². The second kappa shape index (κ2) is 12.6. The lowest BCUT2D eigenvalue weighted by molar-refractivity contribution is 0.590. The number of hydrogen-bond acceptors (Lipinski definition) is 3. The van der Waals surface area contributed by atoms with Gasteiger partial charge in [0.2, 0.25) is 0 Å². The maximum absolute atomic E-state index is 2.59. The van der Waals surface area contributed by atoms with Crippen LogP contribution < -0.4 is 41.5 Å². The monoisotopic (exact) mass is 755 g/mol. The standard InChI is InChI=1S/C52H50BN3Si/c1-51(2,3)35-25-29-39(30-26-35)55-42-21-15-23-46-49(42)53-48-44(55)33-41(54(37-17-11-9-12-18-37)38-19-13-10-14-20-38)34-45(48)56(40-31-27-36(28-32-40)52(4,5)6)43-22-16-24-47(50(43)53)57(46,7)8/h9-34H,1-8H3. The Hall–Kier alpha value is -5.78. The number of hydrogen-bond donors (Lipinski definition) is 0. The minimum atomic E-state index is -2.12. The van der Waals surface area contributed by atoms with Crippen molar-refractivity contribution in [2.75, 3.05) is 14.7 Å². The van der Waals surface area contributed by atoms with Gasteiger partial charge in [-0.15, -0.1) is 0 Å². The minimum absolute atomic E-state index is 0.0567. The normalized spacial score (nSPS) is 14.7. The van der Waals surface area contributed by atoms with Gasteiger partial charge in [-0.2, -0.15) is 0 Å². The molecular formula is C52H50BN3Si. The van der Waals surface area contributed by atoms with Gasteiger partial charge in [-0.25, -0.2) is 0 Å². The van der Waals surface area contributed by atoms with Crippen LogP contribution >= 0.6 is 0 Å². The molecule has 7 aromatic rings. The average Bonchev–Trinajstić information content (AvgIpc) is 3.20. The van der Waals surface area contributed by atoms with Gasteiger partial charge in [0.25, 0.3) is 6.71 Å². The molecule has 0 aliphatic carbocycles. The summed E-state index contributed by atoms with van der Waals surface area (Å²) < 4.78 is 0. The first kappa shape index (κ1) is 35.6. The molecule has 5 heteroatoms. The van der Waals surface area contributed by atoms with Crippen molar-refractivity contribution in [2.45, 2.75) is 65.5 Å². The van der Waals surface area contributed by atoms with Gasteiger partial charge >= 0.3 is 0 Å².